The number of aryl methyl sites for hydroxylation is 1. The van der Waals surface area contributed by atoms with E-state index in [4.69, 9.17) is 16.3 Å². The van der Waals surface area contributed by atoms with Crippen molar-refractivity contribution in [2.75, 3.05) is 6.61 Å². The Balaban J connectivity index is 1.74. The average molecular weight is 369 g/mol. The van der Waals surface area contributed by atoms with Crippen molar-refractivity contribution in [1.82, 2.24) is 19.7 Å². The molecule has 0 saturated heterocycles. The third kappa shape index (κ3) is 3.41. The van der Waals surface area contributed by atoms with Gasteiger partial charge in [0.2, 0.25) is 0 Å². The molecular formula is C15H14ClFN4O4. The summed E-state index contributed by atoms with van der Waals surface area (Å²) in [4.78, 5) is 25.1. The maximum absolute atomic E-state index is 13.0. The largest absolute Gasteiger partial charge is 0.482 e. The molecule has 3 rings (SSSR count). The highest BCUT2D eigenvalue weighted by Gasteiger charge is 2.36. The lowest BCUT2D eigenvalue weighted by Gasteiger charge is -2.33. The summed E-state index contributed by atoms with van der Waals surface area (Å²) in [5.74, 6) is -0.975. The second-order valence-corrected chi connectivity index (χ2v) is 5.92. The molecule has 1 atom stereocenters. The average Bonchev–Trinajstić information content (AvgIpc) is 2.93. The Labute approximate surface area is 146 Å². The highest BCUT2D eigenvalue weighted by Crippen LogP contribution is 2.25. The van der Waals surface area contributed by atoms with Gasteiger partial charge in [0, 0.05) is 0 Å². The van der Waals surface area contributed by atoms with Gasteiger partial charge in [-0.05, 0) is 25.1 Å². The van der Waals surface area contributed by atoms with Crippen molar-refractivity contribution >= 4 is 23.5 Å². The normalized spacial score (nSPS) is 16.4. The molecule has 10 heteroatoms. The Morgan fingerprint density at radius 2 is 2.20 bits per heavy atom. The molecule has 2 aromatic rings. The number of ether oxygens (including phenoxy) is 1. The Kier molecular flexibility index (Phi) is 4.58. The van der Waals surface area contributed by atoms with Crippen LogP contribution in [0, 0.1) is 12.7 Å². The van der Waals surface area contributed by atoms with Gasteiger partial charge in [-0.1, -0.05) is 11.6 Å². The highest BCUT2D eigenvalue weighted by atomic mass is 35.5. The number of halogens is 2. The maximum atomic E-state index is 13.0. The number of benzene rings is 1. The van der Waals surface area contributed by atoms with Gasteiger partial charge in [0.1, 0.15) is 23.4 Å². The smallest absolute Gasteiger partial charge is 0.328 e. The van der Waals surface area contributed by atoms with Crippen molar-refractivity contribution in [2.45, 2.75) is 26.1 Å². The van der Waals surface area contributed by atoms with Gasteiger partial charge in [-0.15, -0.1) is 10.2 Å². The fourth-order valence-corrected chi connectivity index (χ4v) is 2.82. The molecule has 0 bridgehead atoms. The van der Waals surface area contributed by atoms with E-state index in [0.717, 1.165) is 12.1 Å². The molecule has 8 nitrogen and oxygen atoms in total. The first-order valence-electron chi connectivity index (χ1n) is 7.35. The number of carboxylic acid groups (broad SMARTS) is 1. The quantitative estimate of drug-likeness (QED) is 0.872. The van der Waals surface area contributed by atoms with Crippen molar-refractivity contribution in [2.24, 2.45) is 0 Å². The molecule has 0 radical (unpaired) electrons. The van der Waals surface area contributed by atoms with Crippen molar-refractivity contribution < 1.29 is 23.8 Å². The summed E-state index contributed by atoms with van der Waals surface area (Å²) >= 11 is 5.84. The first kappa shape index (κ1) is 17.2. The molecule has 1 N–H and O–H groups in total. The van der Waals surface area contributed by atoms with Crippen LogP contribution in [0.15, 0.2) is 18.2 Å². The predicted octanol–water partition coefficient (Wildman–Crippen LogP) is 1.25. The summed E-state index contributed by atoms with van der Waals surface area (Å²) in [6.45, 7) is 1.36. The van der Waals surface area contributed by atoms with Crippen LogP contribution >= 0.6 is 11.6 Å². The minimum atomic E-state index is -1.13. The number of carbonyl (C=O) groups excluding carboxylic acids is 1. The van der Waals surface area contributed by atoms with Crippen LogP contribution in [0.25, 0.3) is 0 Å². The zero-order chi connectivity index (χ0) is 18.1. The number of amides is 1. The second-order valence-electron chi connectivity index (χ2n) is 5.51. The number of nitrogens with zero attached hydrogens (tertiary/aromatic N) is 4. The van der Waals surface area contributed by atoms with E-state index in [9.17, 15) is 19.1 Å². The number of aromatic nitrogens is 3. The zero-order valence-electron chi connectivity index (χ0n) is 13.1. The van der Waals surface area contributed by atoms with E-state index in [1.54, 1.807) is 11.5 Å². The van der Waals surface area contributed by atoms with Gasteiger partial charge < -0.3 is 19.3 Å². The Hall–Kier alpha value is -2.68. The van der Waals surface area contributed by atoms with Crippen LogP contribution < -0.4 is 4.74 Å². The lowest BCUT2D eigenvalue weighted by molar-refractivity contribution is -0.153. The topological polar surface area (TPSA) is 97.5 Å². The molecule has 1 amide bonds. The van der Waals surface area contributed by atoms with Crippen molar-refractivity contribution in [3.05, 3.63) is 40.7 Å². The molecule has 132 valence electrons. The van der Waals surface area contributed by atoms with Crippen molar-refractivity contribution in [3.8, 4) is 5.75 Å². The molecule has 1 aromatic heterocycles. The predicted molar refractivity (Wildman–Crippen MR) is 83.6 cm³/mol. The van der Waals surface area contributed by atoms with Gasteiger partial charge in [-0.25, -0.2) is 9.18 Å². The molecule has 25 heavy (non-hydrogen) atoms. The van der Waals surface area contributed by atoms with E-state index in [0.29, 0.717) is 11.6 Å². The number of fused-ring (bicyclic) bond motifs is 1. The lowest BCUT2D eigenvalue weighted by atomic mass is 10.2. The van der Waals surface area contributed by atoms with Gasteiger partial charge in [0.05, 0.1) is 18.1 Å². The fraction of sp³-hybridized carbons (Fsp3) is 0.333. The van der Waals surface area contributed by atoms with Crippen LogP contribution in [0.4, 0.5) is 4.39 Å². The highest BCUT2D eigenvalue weighted by molar-refractivity contribution is 6.32. The van der Waals surface area contributed by atoms with E-state index >= 15 is 0 Å². The van der Waals surface area contributed by atoms with E-state index in [1.807, 2.05) is 0 Å². The number of hydrogen-bond donors (Lipinski definition) is 1. The van der Waals surface area contributed by atoms with Crippen molar-refractivity contribution in [3.63, 3.8) is 0 Å². The lowest BCUT2D eigenvalue weighted by Crippen LogP contribution is -2.52. The van der Waals surface area contributed by atoms with E-state index < -0.39 is 30.3 Å². The number of hydrogen-bond acceptors (Lipinski definition) is 5. The van der Waals surface area contributed by atoms with Gasteiger partial charge in [-0.2, -0.15) is 0 Å². The van der Waals surface area contributed by atoms with Crippen LogP contribution in [-0.2, 0) is 22.7 Å². The summed E-state index contributed by atoms with van der Waals surface area (Å²) in [7, 11) is 0. The summed E-state index contributed by atoms with van der Waals surface area (Å²) < 4.78 is 20.0. The third-order valence-electron chi connectivity index (χ3n) is 3.91. The van der Waals surface area contributed by atoms with Gasteiger partial charge >= 0.3 is 5.97 Å². The Morgan fingerprint density at radius 3 is 2.88 bits per heavy atom. The third-order valence-corrected chi connectivity index (χ3v) is 4.20. The number of carboxylic acids is 1. The first-order chi connectivity index (χ1) is 11.9. The van der Waals surface area contributed by atoms with E-state index in [-0.39, 0.29) is 23.9 Å². The number of aliphatic carboxylic acids is 1. The fourth-order valence-electron chi connectivity index (χ4n) is 2.60. The summed E-state index contributed by atoms with van der Waals surface area (Å²) in [6, 6.07) is 2.46. The molecular weight excluding hydrogens is 355 g/mol. The van der Waals surface area contributed by atoms with Crippen LogP contribution in [0.2, 0.25) is 5.02 Å². The van der Waals surface area contributed by atoms with Gasteiger partial charge in [-0.3, -0.25) is 4.79 Å². The Bertz CT molecular complexity index is 841. The van der Waals surface area contributed by atoms with E-state index in [2.05, 4.69) is 10.2 Å². The summed E-state index contributed by atoms with van der Waals surface area (Å²) in [5.41, 5.74) is 0. The second kappa shape index (κ2) is 6.67. The van der Waals surface area contributed by atoms with Crippen LogP contribution in [-0.4, -0.2) is 49.3 Å². The van der Waals surface area contributed by atoms with Crippen LogP contribution in [0.1, 0.15) is 11.6 Å². The molecule has 2 heterocycles. The van der Waals surface area contributed by atoms with Gasteiger partial charge in [0.25, 0.3) is 5.91 Å². The molecule has 0 fully saturated rings. The van der Waals surface area contributed by atoms with Crippen LogP contribution in [0.5, 0.6) is 5.75 Å². The minimum Gasteiger partial charge on any atom is -0.482 e. The van der Waals surface area contributed by atoms with Crippen molar-refractivity contribution in [1.29, 1.82) is 0 Å². The SMILES string of the molecule is Cc1nnc2n1CC(C(=O)O)N(C(=O)COc1ccc(F)cc1Cl)C2. The maximum Gasteiger partial charge on any atom is 0.328 e. The number of carbonyl (C=O) groups is 2. The van der Waals surface area contributed by atoms with Gasteiger partial charge in [0.15, 0.2) is 12.4 Å². The molecule has 0 saturated carbocycles. The monoisotopic (exact) mass is 368 g/mol. The molecule has 1 aliphatic rings. The minimum absolute atomic E-state index is 0.0111. The number of rotatable bonds is 4. The molecule has 0 spiro atoms. The first-order valence-corrected chi connectivity index (χ1v) is 7.73. The standard InChI is InChI=1S/C15H14ClFN4O4/c1-8-18-19-13-6-21(11(15(23)24)5-20(8)13)14(22)7-25-12-3-2-9(17)4-10(12)16/h2-4,11H,5-7H2,1H3,(H,23,24). The summed E-state index contributed by atoms with van der Waals surface area (Å²) in [5, 5.41) is 17.3. The Morgan fingerprint density at radius 1 is 1.44 bits per heavy atom. The zero-order valence-corrected chi connectivity index (χ0v) is 13.9. The summed E-state index contributed by atoms with van der Waals surface area (Å²) in [6.07, 6.45) is 0. The molecule has 0 aliphatic carbocycles. The molecule has 1 aliphatic heterocycles. The molecule has 1 unspecified atom stereocenters. The van der Waals surface area contributed by atoms with Crippen LogP contribution in [0.3, 0.4) is 0 Å². The van der Waals surface area contributed by atoms with E-state index in [1.165, 1.54) is 11.0 Å². The molecule has 1 aromatic carbocycles.